The molecule has 1 aliphatic carbocycles. The zero-order valence-electron chi connectivity index (χ0n) is 10.9. The molecule has 1 aliphatic rings. The van der Waals surface area contributed by atoms with Crippen molar-refractivity contribution in [3.05, 3.63) is 23.2 Å². The van der Waals surface area contributed by atoms with Crippen LogP contribution >= 0.6 is 11.6 Å². The Balaban J connectivity index is 2.18. The van der Waals surface area contributed by atoms with Gasteiger partial charge in [-0.25, -0.2) is 13.1 Å². The molecule has 1 unspecified atom stereocenters. The van der Waals surface area contributed by atoms with E-state index < -0.39 is 10.0 Å². The summed E-state index contributed by atoms with van der Waals surface area (Å²) < 4.78 is 27.4. The van der Waals surface area contributed by atoms with Crippen LogP contribution in [0.25, 0.3) is 0 Å². The summed E-state index contributed by atoms with van der Waals surface area (Å²) in [5.41, 5.74) is 6.02. The normalized spacial score (nSPS) is 17.4. The Kier molecular flexibility index (Phi) is 4.38. The minimum atomic E-state index is -3.60. The number of hydrogen-bond acceptors (Lipinski definition) is 3. The highest BCUT2D eigenvalue weighted by molar-refractivity contribution is 7.89. The maximum Gasteiger partial charge on any atom is 0.242 e. The number of halogens is 1. The summed E-state index contributed by atoms with van der Waals surface area (Å²) in [5.74, 6) is 0.670. The minimum absolute atomic E-state index is 0.0324. The third-order valence-corrected chi connectivity index (χ3v) is 5.38. The molecule has 6 heteroatoms. The van der Waals surface area contributed by atoms with Gasteiger partial charge in [0.1, 0.15) is 4.90 Å². The fraction of sp³-hybridized carbons (Fsp3) is 0.538. The lowest BCUT2D eigenvalue weighted by Gasteiger charge is -2.17. The molecular weight excluding hydrogens is 284 g/mol. The van der Waals surface area contributed by atoms with Gasteiger partial charge in [-0.05, 0) is 37.0 Å². The van der Waals surface area contributed by atoms with Crippen LogP contribution in [0.5, 0.6) is 0 Å². The molecule has 0 aliphatic heterocycles. The smallest absolute Gasteiger partial charge is 0.242 e. The molecule has 1 aromatic rings. The molecule has 3 N–H and O–H groups in total. The number of sulfonamides is 1. The zero-order chi connectivity index (χ0) is 14.0. The molecular formula is C13H19ClN2O2S. The van der Waals surface area contributed by atoms with Gasteiger partial charge in [0.2, 0.25) is 10.0 Å². The topological polar surface area (TPSA) is 72.2 Å². The molecule has 0 aromatic heterocycles. The summed E-state index contributed by atoms with van der Waals surface area (Å²) >= 11 is 5.95. The first-order valence-corrected chi connectivity index (χ1v) is 8.36. The van der Waals surface area contributed by atoms with Crippen molar-refractivity contribution in [3.63, 3.8) is 0 Å². The van der Waals surface area contributed by atoms with E-state index in [-0.39, 0.29) is 16.0 Å². The van der Waals surface area contributed by atoms with Crippen molar-refractivity contribution in [3.8, 4) is 0 Å². The van der Waals surface area contributed by atoms with Gasteiger partial charge in [-0.2, -0.15) is 0 Å². The van der Waals surface area contributed by atoms with E-state index in [1.807, 2.05) is 6.92 Å². The van der Waals surface area contributed by atoms with Crippen LogP contribution in [-0.4, -0.2) is 14.5 Å². The van der Waals surface area contributed by atoms with Crippen molar-refractivity contribution in [2.45, 2.75) is 43.5 Å². The molecule has 1 saturated carbocycles. The van der Waals surface area contributed by atoms with Gasteiger partial charge < -0.3 is 5.73 Å². The van der Waals surface area contributed by atoms with E-state index in [9.17, 15) is 8.42 Å². The second-order valence-corrected chi connectivity index (χ2v) is 7.18. The van der Waals surface area contributed by atoms with E-state index in [1.165, 1.54) is 25.0 Å². The summed E-state index contributed by atoms with van der Waals surface area (Å²) in [7, 11) is -3.60. The first-order valence-electron chi connectivity index (χ1n) is 6.49. The lowest BCUT2D eigenvalue weighted by Crippen LogP contribution is -2.35. The molecule has 106 valence electrons. The Labute approximate surface area is 119 Å². The molecule has 4 nitrogen and oxygen atoms in total. The molecule has 0 bridgehead atoms. The first-order chi connectivity index (χ1) is 8.92. The summed E-state index contributed by atoms with van der Waals surface area (Å²) in [6, 6.07) is 4.46. The average Bonchev–Trinajstić information content (AvgIpc) is 3.15. The van der Waals surface area contributed by atoms with Gasteiger partial charge in [-0.3, -0.25) is 0 Å². The van der Waals surface area contributed by atoms with Gasteiger partial charge in [0.25, 0.3) is 0 Å². The van der Waals surface area contributed by atoms with Crippen LogP contribution in [0.2, 0.25) is 5.02 Å². The minimum Gasteiger partial charge on any atom is -0.399 e. The van der Waals surface area contributed by atoms with Crippen LogP contribution < -0.4 is 10.5 Å². The third kappa shape index (κ3) is 3.84. The first kappa shape index (κ1) is 14.6. The highest BCUT2D eigenvalue weighted by atomic mass is 35.5. The SMILES string of the molecule is CCC(CC1CC1)NS(=O)(=O)c1cc(N)ccc1Cl. The Morgan fingerprint density at radius 3 is 2.74 bits per heavy atom. The van der Waals surface area contributed by atoms with Crippen molar-refractivity contribution >= 4 is 27.3 Å². The lowest BCUT2D eigenvalue weighted by atomic mass is 10.1. The molecule has 1 atom stereocenters. The molecule has 19 heavy (non-hydrogen) atoms. The van der Waals surface area contributed by atoms with Crippen LogP contribution in [-0.2, 0) is 10.0 Å². The third-order valence-electron chi connectivity index (χ3n) is 3.37. The monoisotopic (exact) mass is 302 g/mol. The molecule has 0 saturated heterocycles. The molecule has 0 heterocycles. The van der Waals surface area contributed by atoms with Gasteiger partial charge in [0, 0.05) is 11.7 Å². The van der Waals surface area contributed by atoms with Crippen LogP contribution in [0.3, 0.4) is 0 Å². The number of anilines is 1. The van der Waals surface area contributed by atoms with E-state index in [4.69, 9.17) is 17.3 Å². The second-order valence-electron chi connectivity index (χ2n) is 5.10. The standard InChI is InChI=1S/C13H19ClN2O2S/c1-2-11(7-9-3-4-9)16-19(17,18)13-8-10(15)5-6-12(13)14/h5-6,8-9,11,16H,2-4,7,15H2,1H3. The molecule has 2 rings (SSSR count). The summed E-state index contributed by atoms with van der Waals surface area (Å²) in [6.45, 7) is 1.98. The zero-order valence-corrected chi connectivity index (χ0v) is 12.5. The van der Waals surface area contributed by atoms with Gasteiger partial charge in [-0.1, -0.05) is 31.4 Å². The van der Waals surface area contributed by atoms with Gasteiger partial charge in [0.05, 0.1) is 5.02 Å². The van der Waals surface area contributed by atoms with Crippen molar-refractivity contribution in [1.82, 2.24) is 4.72 Å². The van der Waals surface area contributed by atoms with Gasteiger partial charge in [-0.15, -0.1) is 0 Å². The maximum atomic E-state index is 12.3. The largest absolute Gasteiger partial charge is 0.399 e. The molecule has 1 aromatic carbocycles. The van der Waals surface area contributed by atoms with Crippen LogP contribution in [0, 0.1) is 5.92 Å². The Bertz CT molecular complexity index is 556. The number of benzene rings is 1. The van der Waals surface area contributed by atoms with Gasteiger partial charge >= 0.3 is 0 Å². The van der Waals surface area contributed by atoms with E-state index in [2.05, 4.69) is 4.72 Å². The molecule has 1 fully saturated rings. The van der Waals surface area contributed by atoms with Crippen LogP contribution in [0.1, 0.15) is 32.6 Å². The van der Waals surface area contributed by atoms with Crippen molar-refractivity contribution in [2.24, 2.45) is 5.92 Å². The molecule has 0 radical (unpaired) electrons. The highest BCUT2D eigenvalue weighted by Gasteiger charge is 2.28. The average molecular weight is 303 g/mol. The molecule has 0 spiro atoms. The van der Waals surface area contributed by atoms with E-state index in [0.717, 1.165) is 12.8 Å². The van der Waals surface area contributed by atoms with E-state index >= 15 is 0 Å². The predicted molar refractivity (Wildman–Crippen MR) is 77.6 cm³/mol. The molecule has 0 amide bonds. The summed E-state index contributed by atoms with van der Waals surface area (Å²) in [4.78, 5) is 0.0587. The second kappa shape index (κ2) is 5.69. The van der Waals surface area contributed by atoms with Gasteiger partial charge in [0.15, 0.2) is 0 Å². The van der Waals surface area contributed by atoms with Crippen molar-refractivity contribution in [2.75, 3.05) is 5.73 Å². The number of hydrogen-bond donors (Lipinski definition) is 2. The number of nitrogen functional groups attached to an aromatic ring is 1. The predicted octanol–water partition coefficient (Wildman–Crippen LogP) is 2.78. The van der Waals surface area contributed by atoms with Crippen LogP contribution in [0.15, 0.2) is 23.1 Å². The Hall–Kier alpha value is -0.780. The highest BCUT2D eigenvalue weighted by Crippen LogP contribution is 2.34. The Morgan fingerprint density at radius 1 is 1.47 bits per heavy atom. The fourth-order valence-corrected chi connectivity index (χ4v) is 3.93. The van der Waals surface area contributed by atoms with E-state index in [1.54, 1.807) is 6.07 Å². The quantitative estimate of drug-likeness (QED) is 0.794. The Morgan fingerprint density at radius 2 is 2.16 bits per heavy atom. The van der Waals surface area contributed by atoms with E-state index in [0.29, 0.717) is 11.6 Å². The summed E-state index contributed by atoms with van der Waals surface area (Å²) in [6.07, 6.45) is 4.08. The van der Waals surface area contributed by atoms with Crippen LogP contribution in [0.4, 0.5) is 5.69 Å². The summed E-state index contributed by atoms with van der Waals surface area (Å²) in [5, 5.41) is 0.197. The number of nitrogens with one attached hydrogen (secondary N) is 1. The van der Waals surface area contributed by atoms with Crippen molar-refractivity contribution in [1.29, 1.82) is 0 Å². The fourth-order valence-electron chi connectivity index (χ4n) is 2.06. The number of rotatable bonds is 6. The van der Waals surface area contributed by atoms with Crippen molar-refractivity contribution < 1.29 is 8.42 Å². The number of nitrogens with two attached hydrogens (primary N) is 1. The lowest BCUT2D eigenvalue weighted by molar-refractivity contribution is 0.495. The maximum absolute atomic E-state index is 12.3.